The van der Waals surface area contributed by atoms with Crippen LogP contribution < -0.4 is 0 Å². The molecule has 0 amide bonds. The lowest BCUT2D eigenvalue weighted by Gasteiger charge is -2.38. The molecule has 0 aromatic heterocycles. The number of rotatable bonds is 4. The maximum Gasteiger partial charge on any atom is 0.417 e. The number of halogens is 3. The van der Waals surface area contributed by atoms with Crippen molar-refractivity contribution in [3.05, 3.63) is 0 Å². The summed E-state index contributed by atoms with van der Waals surface area (Å²) in [6.45, 7) is 6.24. The minimum absolute atomic E-state index is 0.0397. The lowest BCUT2D eigenvalue weighted by atomic mass is 9.86. The third-order valence-electron chi connectivity index (χ3n) is 2.34. The Balaban J connectivity index is 4.87. The molecule has 1 nitrogen and oxygen atoms in total. The van der Waals surface area contributed by atoms with E-state index < -0.39 is 17.7 Å². The molecule has 0 fully saturated rings. The molecule has 0 bridgehead atoms. The van der Waals surface area contributed by atoms with Crippen LogP contribution in [0.3, 0.4) is 0 Å². The van der Waals surface area contributed by atoms with Gasteiger partial charge in [0.05, 0.1) is 0 Å². The molecule has 0 heterocycles. The molecule has 0 rings (SSSR count). The lowest BCUT2D eigenvalue weighted by Crippen LogP contribution is -2.51. The predicted octanol–water partition coefficient (Wildman–Crippen LogP) is 3.39. The Morgan fingerprint density at radius 1 is 1.15 bits per heavy atom. The van der Waals surface area contributed by atoms with Gasteiger partial charge in [0.25, 0.3) is 0 Å². The largest absolute Gasteiger partial charge is 0.417 e. The second-order valence-corrected chi connectivity index (χ2v) is 3.33. The summed E-state index contributed by atoms with van der Waals surface area (Å²) in [5, 5.41) is 0. The van der Waals surface area contributed by atoms with Crippen molar-refractivity contribution in [3.8, 4) is 0 Å². The van der Waals surface area contributed by atoms with Gasteiger partial charge in [0, 0.05) is 6.61 Å². The summed E-state index contributed by atoms with van der Waals surface area (Å²) in [7, 11) is 0. The van der Waals surface area contributed by atoms with Crippen molar-refractivity contribution in [2.45, 2.75) is 45.9 Å². The fraction of sp³-hybridized carbons (Fsp3) is 1.00. The van der Waals surface area contributed by atoms with Crippen molar-refractivity contribution < 1.29 is 17.9 Å². The van der Waals surface area contributed by atoms with E-state index in [1.807, 2.05) is 0 Å². The molecule has 0 aromatic rings. The Bertz CT molecular complexity index is 153. The van der Waals surface area contributed by atoms with Crippen molar-refractivity contribution in [2.24, 2.45) is 5.92 Å². The minimum Gasteiger partial charge on any atom is -0.366 e. The van der Waals surface area contributed by atoms with Crippen molar-refractivity contribution in [1.29, 1.82) is 0 Å². The van der Waals surface area contributed by atoms with Crippen molar-refractivity contribution in [1.82, 2.24) is 0 Å². The highest BCUT2D eigenvalue weighted by Crippen LogP contribution is 2.41. The maximum atomic E-state index is 12.7. The van der Waals surface area contributed by atoms with E-state index in [1.54, 1.807) is 6.92 Å². The number of ether oxygens (including phenoxy) is 1. The molecule has 0 aliphatic carbocycles. The van der Waals surface area contributed by atoms with E-state index in [-0.39, 0.29) is 13.0 Å². The van der Waals surface area contributed by atoms with Crippen LogP contribution in [0.25, 0.3) is 0 Å². The minimum atomic E-state index is -4.29. The Hall–Kier alpha value is -0.250. The standard InChI is InChI=1S/C9H17F3O/c1-5-8(7(3)4,13-6-2)9(10,11)12/h7H,5-6H2,1-4H3. The number of alkyl halides is 3. The average molecular weight is 198 g/mol. The normalized spacial score (nSPS) is 17.5. The molecule has 0 radical (unpaired) electrons. The predicted molar refractivity (Wildman–Crippen MR) is 45.5 cm³/mol. The van der Waals surface area contributed by atoms with Gasteiger partial charge in [-0.1, -0.05) is 20.8 Å². The summed E-state index contributed by atoms with van der Waals surface area (Å²) < 4.78 is 42.9. The number of hydrogen-bond acceptors (Lipinski definition) is 1. The van der Waals surface area contributed by atoms with Gasteiger partial charge in [0.2, 0.25) is 0 Å². The molecule has 0 aliphatic heterocycles. The van der Waals surface area contributed by atoms with Gasteiger partial charge in [-0.25, -0.2) is 0 Å². The van der Waals surface area contributed by atoms with Gasteiger partial charge in [-0.3, -0.25) is 0 Å². The molecule has 1 atom stereocenters. The highest BCUT2D eigenvalue weighted by Gasteiger charge is 2.56. The first kappa shape index (κ1) is 12.8. The van der Waals surface area contributed by atoms with E-state index in [2.05, 4.69) is 0 Å². The second-order valence-electron chi connectivity index (χ2n) is 3.33. The number of hydrogen-bond donors (Lipinski definition) is 0. The van der Waals surface area contributed by atoms with Crippen LogP contribution >= 0.6 is 0 Å². The van der Waals surface area contributed by atoms with Crippen LogP contribution in [0.5, 0.6) is 0 Å². The second kappa shape index (κ2) is 4.31. The van der Waals surface area contributed by atoms with E-state index in [0.717, 1.165) is 0 Å². The van der Waals surface area contributed by atoms with E-state index >= 15 is 0 Å². The zero-order valence-corrected chi connectivity index (χ0v) is 8.53. The monoisotopic (exact) mass is 198 g/mol. The van der Waals surface area contributed by atoms with Crippen LogP contribution in [-0.2, 0) is 4.74 Å². The lowest BCUT2D eigenvalue weighted by molar-refractivity contribution is -0.293. The zero-order valence-electron chi connectivity index (χ0n) is 8.53. The zero-order chi connectivity index (χ0) is 10.7. The van der Waals surface area contributed by atoms with Gasteiger partial charge in [-0.2, -0.15) is 13.2 Å². The summed E-state index contributed by atoms with van der Waals surface area (Å²) >= 11 is 0. The average Bonchev–Trinajstić information content (AvgIpc) is 1.96. The van der Waals surface area contributed by atoms with Gasteiger partial charge in [0.15, 0.2) is 5.60 Å². The molecule has 80 valence electrons. The van der Waals surface area contributed by atoms with Gasteiger partial charge in [-0.15, -0.1) is 0 Å². The summed E-state index contributed by atoms with van der Waals surface area (Å²) in [4.78, 5) is 0. The molecule has 0 aromatic carbocycles. The molecular weight excluding hydrogens is 181 g/mol. The fourth-order valence-electron chi connectivity index (χ4n) is 1.54. The van der Waals surface area contributed by atoms with Crippen molar-refractivity contribution in [3.63, 3.8) is 0 Å². The van der Waals surface area contributed by atoms with E-state index in [9.17, 15) is 13.2 Å². The Kier molecular flexibility index (Phi) is 4.23. The summed E-state index contributed by atoms with van der Waals surface area (Å²) in [6.07, 6.45) is -4.33. The topological polar surface area (TPSA) is 9.23 Å². The smallest absolute Gasteiger partial charge is 0.366 e. The SMILES string of the molecule is CCOC(CC)(C(C)C)C(F)(F)F. The summed E-state index contributed by atoms with van der Waals surface area (Å²) in [5.74, 6) is -0.558. The van der Waals surface area contributed by atoms with Crippen LogP contribution in [0.4, 0.5) is 13.2 Å². The molecule has 1 unspecified atom stereocenters. The van der Waals surface area contributed by atoms with Crippen LogP contribution in [-0.4, -0.2) is 18.4 Å². The Morgan fingerprint density at radius 2 is 1.62 bits per heavy atom. The molecule has 0 aliphatic rings. The van der Waals surface area contributed by atoms with E-state index in [0.29, 0.717) is 0 Å². The van der Waals surface area contributed by atoms with E-state index in [1.165, 1.54) is 20.8 Å². The molecule has 13 heavy (non-hydrogen) atoms. The quantitative estimate of drug-likeness (QED) is 0.672. The third-order valence-corrected chi connectivity index (χ3v) is 2.34. The van der Waals surface area contributed by atoms with Crippen molar-refractivity contribution >= 4 is 0 Å². The van der Waals surface area contributed by atoms with Crippen molar-refractivity contribution in [2.75, 3.05) is 6.61 Å². The Labute approximate surface area is 77.3 Å². The molecule has 0 N–H and O–H groups in total. The molecule has 4 heteroatoms. The van der Waals surface area contributed by atoms with Crippen LogP contribution in [0, 0.1) is 5.92 Å². The molecule has 0 saturated heterocycles. The summed E-state index contributed by atoms with van der Waals surface area (Å²) in [6, 6.07) is 0. The first-order valence-corrected chi connectivity index (χ1v) is 4.52. The third kappa shape index (κ3) is 2.36. The van der Waals surface area contributed by atoms with Crippen LogP contribution in [0.1, 0.15) is 34.1 Å². The first-order valence-electron chi connectivity index (χ1n) is 4.52. The Morgan fingerprint density at radius 3 is 1.69 bits per heavy atom. The summed E-state index contributed by atoms with van der Waals surface area (Å²) in [5.41, 5.74) is -1.97. The van der Waals surface area contributed by atoms with Gasteiger partial charge < -0.3 is 4.74 Å². The fourth-order valence-corrected chi connectivity index (χ4v) is 1.54. The molecule has 0 spiro atoms. The van der Waals surface area contributed by atoms with Gasteiger partial charge in [0.1, 0.15) is 0 Å². The maximum absolute atomic E-state index is 12.7. The molecular formula is C9H17F3O. The molecule has 0 saturated carbocycles. The highest BCUT2D eigenvalue weighted by atomic mass is 19.4. The highest BCUT2D eigenvalue weighted by molar-refractivity contribution is 4.90. The van der Waals surface area contributed by atoms with E-state index in [4.69, 9.17) is 4.74 Å². The van der Waals surface area contributed by atoms with Gasteiger partial charge in [-0.05, 0) is 19.3 Å². The van der Waals surface area contributed by atoms with Gasteiger partial charge >= 0.3 is 6.18 Å². The van der Waals surface area contributed by atoms with Crippen LogP contribution in [0.15, 0.2) is 0 Å². The first-order chi connectivity index (χ1) is 5.81. The van der Waals surface area contributed by atoms with Crippen LogP contribution in [0.2, 0.25) is 0 Å².